The second-order valence-electron chi connectivity index (χ2n) is 7.69. The van der Waals surface area contributed by atoms with Gasteiger partial charge in [0.1, 0.15) is 0 Å². The first-order chi connectivity index (χ1) is 16.3. The van der Waals surface area contributed by atoms with E-state index in [-0.39, 0.29) is 17.3 Å². The van der Waals surface area contributed by atoms with E-state index in [9.17, 15) is 9.59 Å². The second-order valence-corrected chi connectivity index (χ2v) is 8.10. The Hall–Kier alpha value is -3.90. The number of benzene rings is 3. The maximum Gasteiger partial charge on any atom is 0.363 e. The molecule has 0 bridgehead atoms. The van der Waals surface area contributed by atoms with E-state index in [1.807, 2.05) is 39.0 Å². The number of halogens is 1. The number of hydrogen-bond donors (Lipinski definition) is 0. The highest BCUT2D eigenvalue weighted by Gasteiger charge is 2.25. The zero-order valence-corrected chi connectivity index (χ0v) is 19.7. The van der Waals surface area contributed by atoms with E-state index in [0.717, 1.165) is 11.1 Å². The molecule has 1 aliphatic rings. The highest BCUT2D eigenvalue weighted by molar-refractivity contribution is 6.31. The molecule has 1 heterocycles. The molecule has 0 N–H and O–H groups in total. The van der Waals surface area contributed by atoms with Crippen molar-refractivity contribution in [1.82, 2.24) is 0 Å². The van der Waals surface area contributed by atoms with Crippen LogP contribution < -0.4 is 9.47 Å². The molecule has 34 heavy (non-hydrogen) atoms. The molecular formula is C27H22ClNO5. The minimum absolute atomic E-state index is 0.138. The van der Waals surface area contributed by atoms with Crippen LogP contribution in [0, 0.1) is 13.8 Å². The van der Waals surface area contributed by atoms with Crippen molar-refractivity contribution in [3.05, 3.63) is 99.2 Å². The molecule has 0 spiro atoms. The zero-order valence-electron chi connectivity index (χ0n) is 18.9. The Kier molecular flexibility index (Phi) is 6.80. The normalized spacial score (nSPS) is 14.1. The van der Waals surface area contributed by atoms with Crippen LogP contribution in [-0.2, 0) is 9.53 Å². The summed E-state index contributed by atoms with van der Waals surface area (Å²) in [5.41, 5.74) is 3.78. The Morgan fingerprint density at radius 2 is 1.79 bits per heavy atom. The summed E-state index contributed by atoms with van der Waals surface area (Å²) in [5.74, 6) is -0.218. The number of aliphatic imine (C=N–C) groups is 1. The van der Waals surface area contributed by atoms with Crippen molar-refractivity contribution in [3.63, 3.8) is 0 Å². The molecule has 0 unspecified atom stereocenters. The lowest BCUT2D eigenvalue weighted by molar-refractivity contribution is -0.129. The molecule has 0 saturated heterocycles. The van der Waals surface area contributed by atoms with E-state index in [1.54, 1.807) is 48.5 Å². The van der Waals surface area contributed by atoms with Crippen LogP contribution in [0.4, 0.5) is 0 Å². The maximum absolute atomic E-state index is 12.5. The molecule has 3 aromatic carbocycles. The lowest BCUT2D eigenvalue weighted by Crippen LogP contribution is -2.09. The van der Waals surface area contributed by atoms with Crippen LogP contribution in [0.1, 0.15) is 39.5 Å². The number of nitrogens with zero attached hydrogens (tertiary/aromatic N) is 1. The van der Waals surface area contributed by atoms with Gasteiger partial charge in [0.15, 0.2) is 17.2 Å². The first-order valence-electron chi connectivity index (χ1n) is 10.7. The summed E-state index contributed by atoms with van der Waals surface area (Å²) in [6.45, 7) is 6.03. The fraction of sp³-hybridized carbons (Fsp3) is 0.148. The van der Waals surface area contributed by atoms with Crippen molar-refractivity contribution in [2.24, 2.45) is 4.99 Å². The number of rotatable bonds is 6. The largest absolute Gasteiger partial charge is 0.490 e. The lowest BCUT2D eigenvalue weighted by atomic mass is 10.1. The second kappa shape index (κ2) is 9.93. The van der Waals surface area contributed by atoms with E-state index >= 15 is 0 Å². The molecule has 0 aliphatic carbocycles. The monoisotopic (exact) mass is 475 g/mol. The van der Waals surface area contributed by atoms with Crippen LogP contribution in [0.3, 0.4) is 0 Å². The first-order valence-corrected chi connectivity index (χ1v) is 11.1. The number of carbonyl (C=O) groups excluding carboxylic acids is 2. The Morgan fingerprint density at radius 3 is 2.50 bits per heavy atom. The van der Waals surface area contributed by atoms with Gasteiger partial charge in [-0.15, -0.1) is 0 Å². The van der Waals surface area contributed by atoms with E-state index < -0.39 is 11.9 Å². The molecule has 1 aliphatic heterocycles. The predicted molar refractivity (Wildman–Crippen MR) is 131 cm³/mol. The molecule has 0 fully saturated rings. The summed E-state index contributed by atoms with van der Waals surface area (Å²) in [4.78, 5) is 29.2. The third-order valence-electron chi connectivity index (χ3n) is 5.10. The van der Waals surface area contributed by atoms with Gasteiger partial charge in [0, 0.05) is 10.6 Å². The van der Waals surface area contributed by atoms with Gasteiger partial charge in [-0.25, -0.2) is 14.6 Å². The highest BCUT2D eigenvalue weighted by atomic mass is 35.5. The Labute approximate surface area is 202 Å². The third kappa shape index (κ3) is 5.18. The summed E-state index contributed by atoms with van der Waals surface area (Å²) in [7, 11) is 0. The fourth-order valence-corrected chi connectivity index (χ4v) is 3.41. The van der Waals surface area contributed by atoms with Gasteiger partial charge >= 0.3 is 11.9 Å². The fourth-order valence-electron chi connectivity index (χ4n) is 3.23. The average molecular weight is 476 g/mol. The molecule has 3 aromatic rings. The van der Waals surface area contributed by atoms with Crippen LogP contribution >= 0.6 is 11.6 Å². The van der Waals surface area contributed by atoms with Crippen molar-refractivity contribution in [3.8, 4) is 11.5 Å². The minimum atomic E-state index is -0.570. The van der Waals surface area contributed by atoms with E-state index in [1.165, 1.54) is 0 Å². The van der Waals surface area contributed by atoms with Gasteiger partial charge in [-0.3, -0.25) is 0 Å². The molecule has 0 amide bonds. The highest BCUT2D eigenvalue weighted by Crippen LogP contribution is 2.31. The van der Waals surface area contributed by atoms with Crippen LogP contribution in [0.2, 0.25) is 5.02 Å². The number of aryl methyl sites for hydroxylation is 2. The van der Waals surface area contributed by atoms with Gasteiger partial charge in [-0.05, 0) is 74.4 Å². The summed E-state index contributed by atoms with van der Waals surface area (Å²) >= 11 is 6.18. The maximum atomic E-state index is 12.5. The molecule has 0 saturated carbocycles. The van der Waals surface area contributed by atoms with E-state index in [4.69, 9.17) is 25.8 Å². The molecule has 4 rings (SSSR count). The van der Waals surface area contributed by atoms with Gasteiger partial charge < -0.3 is 14.2 Å². The summed E-state index contributed by atoms with van der Waals surface area (Å²) in [6.07, 6.45) is 1.58. The summed E-state index contributed by atoms with van der Waals surface area (Å²) in [6, 6.07) is 17.4. The van der Waals surface area contributed by atoms with Crippen LogP contribution in [-0.4, -0.2) is 24.4 Å². The van der Waals surface area contributed by atoms with Crippen LogP contribution in [0.15, 0.2) is 71.4 Å². The van der Waals surface area contributed by atoms with Crippen molar-refractivity contribution < 1.29 is 23.8 Å². The Morgan fingerprint density at radius 1 is 1.03 bits per heavy atom. The molecular weight excluding hydrogens is 454 g/mol. The minimum Gasteiger partial charge on any atom is -0.490 e. The van der Waals surface area contributed by atoms with Crippen molar-refractivity contribution in [2.75, 3.05) is 6.61 Å². The summed E-state index contributed by atoms with van der Waals surface area (Å²) < 4.78 is 16.5. The molecule has 7 heteroatoms. The number of esters is 2. The van der Waals surface area contributed by atoms with Gasteiger partial charge in [-0.1, -0.05) is 41.4 Å². The van der Waals surface area contributed by atoms with E-state index in [2.05, 4.69) is 4.99 Å². The quantitative estimate of drug-likeness (QED) is 0.251. The van der Waals surface area contributed by atoms with Gasteiger partial charge in [0.05, 0.1) is 12.2 Å². The SMILES string of the molecule is CCOc1cc(/C=C2\N=C(c3ccc(C)c(Cl)c3)OC2=O)ccc1OC(=O)c1ccc(C)cc1. The molecule has 0 aromatic heterocycles. The predicted octanol–water partition coefficient (Wildman–Crippen LogP) is 5.92. The Balaban J connectivity index is 1.59. The Bertz CT molecular complexity index is 1330. The van der Waals surface area contributed by atoms with Gasteiger partial charge in [-0.2, -0.15) is 0 Å². The van der Waals surface area contributed by atoms with Gasteiger partial charge in [0.25, 0.3) is 0 Å². The van der Waals surface area contributed by atoms with Gasteiger partial charge in [0.2, 0.25) is 5.90 Å². The van der Waals surface area contributed by atoms with Crippen molar-refractivity contribution >= 4 is 35.5 Å². The number of ether oxygens (including phenoxy) is 3. The smallest absolute Gasteiger partial charge is 0.363 e. The number of cyclic esters (lactones) is 1. The molecule has 0 radical (unpaired) electrons. The topological polar surface area (TPSA) is 74.2 Å². The lowest BCUT2D eigenvalue weighted by Gasteiger charge is -2.11. The van der Waals surface area contributed by atoms with Crippen molar-refractivity contribution in [2.45, 2.75) is 20.8 Å². The number of hydrogen-bond acceptors (Lipinski definition) is 6. The number of carbonyl (C=O) groups is 2. The van der Waals surface area contributed by atoms with Crippen molar-refractivity contribution in [1.29, 1.82) is 0 Å². The first kappa shape index (κ1) is 23.3. The van der Waals surface area contributed by atoms with Crippen LogP contribution in [0.25, 0.3) is 6.08 Å². The molecule has 0 atom stereocenters. The standard InChI is InChI=1S/C27H22ClNO5/c1-4-32-24-14-18(8-12-23(24)33-26(30)19-9-5-16(2)6-10-19)13-22-27(31)34-25(29-22)20-11-7-17(3)21(28)15-20/h5-15H,4H2,1-3H3/b22-13-. The zero-order chi connectivity index (χ0) is 24.2. The summed E-state index contributed by atoms with van der Waals surface area (Å²) in [5, 5.41) is 0.561. The van der Waals surface area contributed by atoms with Crippen LogP contribution in [0.5, 0.6) is 11.5 Å². The van der Waals surface area contributed by atoms with E-state index in [0.29, 0.717) is 34.1 Å². The average Bonchev–Trinajstić information content (AvgIpc) is 3.18. The molecule has 172 valence electrons. The molecule has 6 nitrogen and oxygen atoms in total. The third-order valence-corrected chi connectivity index (χ3v) is 5.51.